The quantitative estimate of drug-likeness (QED) is 0.850. The van der Waals surface area contributed by atoms with Gasteiger partial charge < -0.3 is 14.3 Å². The highest BCUT2D eigenvalue weighted by atomic mass is 35.5. The van der Waals surface area contributed by atoms with Crippen molar-refractivity contribution >= 4 is 23.2 Å². The molecule has 0 N–H and O–H groups in total. The number of carbonyl (C=O) groups is 1. The monoisotopic (exact) mass is 348 g/mol. The van der Waals surface area contributed by atoms with Crippen molar-refractivity contribution in [3.63, 3.8) is 0 Å². The second-order valence-electron chi connectivity index (χ2n) is 6.38. The fourth-order valence-corrected chi connectivity index (χ4v) is 3.65. The number of rotatable bonds is 4. The Morgan fingerprint density at radius 2 is 2.25 bits per heavy atom. The van der Waals surface area contributed by atoms with Crippen molar-refractivity contribution in [2.45, 2.75) is 19.3 Å². The Hall–Kier alpha value is -1.92. The smallest absolute Gasteiger partial charge is 0.226 e. The molecule has 6 nitrogen and oxygen atoms in total. The Morgan fingerprint density at radius 1 is 1.46 bits per heavy atom. The summed E-state index contributed by atoms with van der Waals surface area (Å²) in [6.07, 6.45) is 2.11. The molecule has 1 aliphatic heterocycles. The highest BCUT2D eigenvalue weighted by molar-refractivity contribution is 6.30. The molecule has 2 heterocycles. The minimum absolute atomic E-state index is 0.0305. The van der Waals surface area contributed by atoms with Gasteiger partial charge in [-0.25, -0.2) is 0 Å². The van der Waals surface area contributed by atoms with E-state index in [1.807, 2.05) is 44.1 Å². The number of hydrogen-bond acceptors (Lipinski definition) is 5. The van der Waals surface area contributed by atoms with Crippen LogP contribution in [-0.2, 0) is 4.79 Å². The Labute approximate surface area is 146 Å². The Bertz CT molecular complexity index is 717. The van der Waals surface area contributed by atoms with Crippen molar-refractivity contribution in [1.29, 1.82) is 0 Å². The van der Waals surface area contributed by atoms with Crippen LogP contribution in [0.3, 0.4) is 0 Å². The molecular formula is C17H21ClN4O2. The highest BCUT2D eigenvalue weighted by Gasteiger charge is 2.38. The van der Waals surface area contributed by atoms with E-state index in [-0.39, 0.29) is 17.7 Å². The van der Waals surface area contributed by atoms with Crippen LogP contribution in [0, 0.1) is 5.92 Å². The minimum Gasteiger partial charge on any atom is -0.341 e. The second-order valence-corrected chi connectivity index (χ2v) is 6.82. The van der Waals surface area contributed by atoms with Crippen LogP contribution in [0.25, 0.3) is 0 Å². The molecule has 2 aromatic rings. The van der Waals surface area contributed by atoms with Gasteiger partial charge in [0, 0.05) is 41.4 Å². The molecule has 0 saturated heterocycles. The molecule has 1 aromatic carbocycles. The first kappa shape index (κ1) is 16.9. The number of nitrogens with zero attached hydrogens (tertiary/aromatic N) is 4. The summed E-state index contributed by atoms with van der Waals surface area (Å²) in [6, 6.07) is 5.65. The van der Waals surface area contributed by atoms with Gasteiger partial charge in [0.15, 0.2) is 5.76 Å². The predicted octanol–water partition coefficient (Wildman–Crippen LogP) is 2.79. The van der Waals surface area contributed by atoms with E-state index in [2.05, 4.69) is 15.3 Å². The zero-order chi connectivity index (χ0) is 17.3. The predicted molar refractivity (Wildman–Crippen MR) is 92.3 cm³/mol. The van der Waals surface area contributed by atoms with E-state index in [0.29, 0.717) is 23.7 Å². The number of hydrogen-bond donors (Lipinski definition) is 0. The summed E-state index contributed by atoms with van der Waals surface area (Å²) in [4.78, 5) is 16.4. The van der Waals surface area contributed by atoms with Gasteiger partial charge in [-0.1, -0.05) is 18.5 Å². The van der Waals surface area contributed by atoms with Crippen molar-refractivity contribution in [1.82, 2.24) is 15.3 Å². The third-order valence-corrected chi connectivity index (χ3v) is 4.63. The van der Waals surface area contributed by atoms with Gasteiger partial charge in [0.25, 0.3) is 0 Å². The molecule has 0 radical (unpaired) electrons. The fraction of sp³-hybridized carbons (Fsp3) is 0.471. The number of aromatic nitrogens is 2. The van der Waals surface area contributed by atoms with Crippen LogP contribution in [0.5, 0.6) is 0 Å². The first-order valence-corrected chi connectivity index (χ1v) is 8.40. The Kier molecular flexibility index (Phi) is 4.87. The van der Waals surface area contributed by atoms with Gasteiger partial charge in [-0.05, 0) is 37.9 Å². The first-order valence-electron chi connectivity index (χ1n) is 8.03. The molecule has 1 aromatic heterocycles. The molecule has 7 heteroatoms. The molecule has 2 atom stereocenters. The summed E-state index contributed by atoms with van der Waals surface area (Å²) in [6.45, 7) is 3.32. The van der Waals surface area contributed by atoms with Crippen LogP contribution in [0.1, 0.15) is 30.6 Å². The maximum Gasteiger partial charge on any atom is 0.226 e. The van der Waals surface area contributed by atoms with E-state index in [1.165, 1.54) is 0 Å². The standard InChI is InChI=1S/C17H21ClN4O2/c1-4-16(23)22-10-11(9-21(2)3)17(15-8-19-20-24-15)13-7-12(18)5-6-14(13)22/h5-8,11,17H,4,9-10H2,1-3H3. The lowest BCUT2D eigenvalue weighted by Crippen LogP contribution is -2.45. The van der Waals surface area contributed by atoms with Gasteiger partial charge in [-0.3, -0.25) is 4.79 Å². The molecule has 1 aliphatic rings. The third-order valence-electron chi connectivity index (χ3n) is 4.39. The van der Waals surface area contributed by atoms with Crippen molar-refractivity contribution in [3.05, 3.63) is 40.7 Å². The van der Waals surface area contributed by atoms with E-state index in [9.17, 15) is 4.79 Å². The molecule has 3 rings (SSSR count). The van der Waals surface area contributed by atoms with E-state index < -0.39 is 0 Å². The lowest BCUT2D eigenvalue weighted by atomic mass is 9.79. The van der Waals surface area contributed by atoms with Crippen LogP contribution < -0.4 is 4.90 Å². The van der Waals surface area contributed by atoms with Crippen molar-refractivity contribution in [2.24, 2.45) is 5.92 Å². The second kappa shape index (κ2) is 6.91. The van der Waals surface area contributed by atoms with Crippen molar-refractivity contribution in [2.75, 3.05) is 32.1 Å². The maximum absolute atomic E-state index is 12.5. The molecule has 0 saturated carbocycles. The Morgan fingerprint density at radius 3 is 2.88 bits per heavy atom. The van der Waals surface area contributed by atoms with Crippen LogP contribution in [0.15, 0.2) is 28.9 Å². The molecular weight excluding hydrogens is 328 g/mol. The summed E-state index contributed by atoms with van der Waals surface area (Å²) in [5, 5.41) is 8.10. The molecule has 0 aliphatic carbocycles. The van der Waals surface area contributed by atoms with Crippen LogP contribution >= 0.6 is 11.6 Å². The molecule has 2 unspecified atom stereocenters. The average Bonchev–Trinajstić information content (AvgIpc) is 3.06. The SMILES string of the molecule is CCC(=O)N1CC(CN(C)C)C(c2cnno2)c2cc(Cl)ccc21. The van der Waals surface area contributed by atoms with E-state index in [0.717, 1.165) is 17.8 Å². The number of anilines is 1. The summed E-state index contributed by atoms with van der Waals surface area (Å²) >= 11 is 6.24. The van der Waals surface area contributed by atoms with Gasteiger partial charge in [0.05, 0.1) is 12.1 Å². The summed E-state index contributed by atoms with van der Waals surface area (Å²) in [5.74, 6) is 0.943. The van der Waals surface area contributed by atoms with Gasteiger partial charge in [0.1, 0.15) is 0 Å². The van der Waals surface area contributed by atoms with Gasteiger partial charge in [-0.2, -0.15) is 0 Å². The Balaban J connectivity index is 2.13. The van der Waals surface area contributed by atoms with Gasteiger partial charge in [-0.15, -0.1) is 5.10 Å². The summed E-state index contributed by atoms with van der Waals surface area (Å²) in [7, 11) is 4.05. The largest absolute Gasteiger partial charge is 0.341 e. The van der Waals surface area contributed by atoms with Gasteiger partial charge >= 0.3 is 0 Å². The summed E-state index contributed by atoms with van der Waals surface area (Å²) < 4.78 is 5.38. The van der Waals surface area contributed by atoms with Crippen molar-refractivity contribution < 1.29 is 9.32 Å². The maximum atomic E-state index is 12.5. The molecule has 128 valence electrons. The molecule has 0 spiro atoms. The lowest BCUT2D eigenvalue weighted by Gasteiger charge is -2.40. The van der Waals surface area contributed by atoms with Crippen LogP contribution in [0.2, 0.25) is 5.02 Å². The first-order chi connectivity index (χ1) is 11.5. The van der Waals surface area contributed by atoms with Crippen LogP contribution in [-0.4, -0.2) is 48.4 Å². The number of carbonyl (C=O) groups excluding carboxylic acids is 1. The number of fused-ring (bicyclic) bond motifs is 1. The van der Waals surface area contributed by atoms with Crippen LogP contribution in [0.4, 0.5) is 5.69 Å². The van der Waals surface area contributed by atoms with Gasteiger partial charge in [0.2, 0.25) is 5.91 Å². The third kappa shape index (κ3) is 3.16. The summed E-state index contributed by atoms with van der Waals surface area (Å²) in [5.41, 5.74) is 1.88. The molecule has 0 bridgehead atoms. The number of amides is 1. The average molecular weight is 349 g/mol. The minimum atomic E-state index is -0.0305. The van der Waals surface area contributed by atoms with Crippen molar-refractivity contribution in [3.8, 4) is 0 Å². The zero-order valence-electron chi connectivity index (χ0n) is 14.1. The lowest BCUT2D eigenvalue weighted by molar-refractivity contribution is -0.118. The topological polar surface area (TPSA) is 62.5 Å². The highest BCUT2D eigenvalue weighted by Crippen LogP contribution is 2.43. The van der Waals surface area contributed by atoms with E-state index in [1.54, 1.807) is 6.20 Å². The van der Waals surface area contributed by atoms with E-state index >= 15 is 0 Å². The fourth-order valence-electron chi connectivity index (χ4n) is 3.47. The number of halogens is 1. The molecule has 0 fully saturated rings. The normalized spacial score (nSPS) is 20.3. The molecule has 24 heavy (non-hydrogen) atoms. The zero-order valence-corrected chi connectivity index (χ0v) is 14.8. The molecule has 1 amide bonds. The number of benzene rings is 1. The van der Waals surface area contributed by atoms with E-state index in [4.69, 9.17) is 16.1 Å².